The van der Waals surface area contributed by atoms with E-state index in [1.165, 1.54) is 16.7 Å². The summed E-state index contributed by atoms with van der Waals surface area (Å²) in [6, 6.07) is 14.5. The van der Waals surface area contributed by atoms with Crippen molar-refractivity contribution in [3.63, 3.8) is 0 Å². The summed E-state index contributed by atoms with van der Waals surface area (Å²) < 4.78 is 0. The topological polar surface area (TPSA) is 32.3 Å². The van der Waals surface area contributed by atoms with Crippen LogP contribution in [0.25, 0.3) is 0 Å². The van der Waals surface area contributed by atoms with Gasteiger partial charge in [0, 0.05) is 5.69 Å². The lowest BCUT2D eigenvalue weighted by Crippen LogP contribution is -2.08. The number of hydrogen-bond donors (Lipinski definition) is 2. The molecule has 2 aromatic rings. The first-order chi connectivity index (χ1) is 8.78. The van der Waals surface area contributed by atoms with E-state index in [-0.39, 0.29) is 0 Å². The zero-order valence-corrected chi connectivity index (χ0v) is 10.5. The molecule has 18 heavy (non-hydrogen) atoms. The molecule has 0 saturated heterocycles. The van der Waals surface area contributed by atoms with Gasteiger partial charge in [0.25, 0.3) is 0 Å². The van der Waals surface area contributed by atoms with Crippen LogP contribution in [0.5, 0.6) is 5.75 Å². The average molecular weight is 239 g/mol. The van der Waals surface area contributed by atoms with Gasteiger partial charge in [0.15, 0.2) is 0 Å². The number of rotatable bonds is 2. The Morgan fingerprint density at radius 3 is 2.89 bits per heavy atom. The van der Waals surface area contributed by atoms with Gasteiger partial charge < -0.3 is 10.4 Å². The quantitative estimate of drug-likeness (QED) is 0.784. The maximum atomic E-state index is 9.53. The number of aryl methyl sites for hydroxylation is 1. The standard InChI is InChI=1S/C16H17NO/c1-2-11-5-3-4-6-14(11)16-10-12-9-13(18)7-8-15(12)17-16/h3-9,16-18H,2,10H2,1H3. The highest BCUT2D eigenvalue weighted by atomic mass is 16.3. The second-order valence-corrected chi connectivity index (χ2v) is 4.79. The third-order valence-corrected chi connectivity index (χ3v) is 3.65. The van der Waals surface area contributed by atoms with Gasteiger partial charge in [0.1, 0.15) is 5.75 Å². The van der Waals surface area contributed by atoms with Crippen LogP contribution in [-0.2, 0) is 12.8 Å². The van der Waals surface area contributed by atoms with Gasteiger partial charge in [-0.2, -0.15) is 0 Å². The molecule has 2 aromatic carbocycles. The molecule has 0 aliphatic carbocycles. The molecule has 2 nitrogen and oxygen atoms in total. The Kier molecular flexibility index (Phi) is 2.71. The lowest BCUT2D eigenvalue weighted by Gasteiger charge is -2.15. The van der Waals surface area contributed by atoms with Crippen molar-refractivity contribution >= 4 is 5.69 Å². The van der Waals surface area contributed by atoms with Gasteiger partial charge in [-0.25, -0.2) is 0 Å². The van der Waals surface area contributed by atoms with E-state index in [1.807, 2.05) is 12.1 Å². The second kappa shape index (κ2) is 4.37. The summed E-state index contributed by atoms with van der Waals surface area (Å²) in [6.45, 7) is 2.19. The molecule has 2 N–H and O–H groups in total. The summed E-state index contributed by atoms with van der Waals surface area (Å²) in [6.07, 6.45) is 2.00. The molecule has 0 saturated carbocycles. The van der Waals surface area contributed by atoms with Crippen molar-refractivity contribution in [2.45, 2.75) is 25.8 Å². The minimum Gasteiger partial charge on any atom is -0.508 e. The van der Waals surface area contributed by atoms with Crippen molar-refractivity contribution in [2.24, 2.45) is 0 Å². The first-order valence-electron chi connectivity index (χ1n) is 6.44. The largest absolute Gasteiger partial charge is 0.508 e. The molecule has 0 spiro atoms. The summed E-state index contributed by atoms with van der Waals surface area (Å²) in [4.78, 5) is 0. The number of aromatic hydroxyl groups is 1. The highest BCUT2D eigenvalue weighted by Crippen LogP contribution is 2.36. The van der Waals surface area contributed by atoms with Crippen LogP contribution in [0.3, 0.4) is 0 Å². The molecule has 0 fully saturated rings. The molecule has 1 heterocycles. The van der Waals surface area contributed by atoms with Crippen LogP contribution in [0.15, 0.2) is 42.5 Å². The van der Waals surface area contributed by atoms with Crippen LogP contribution < -0.4 is 5.32 Å². The summed E-state index contributed by atoms with van der Waals surface area (Å²) in [5.41, 5.74) is 5.11. The van der Waals surface area contributed by atoms with Crippen molar-refractivity contribution < 1.29 is 5.11 Å². The van der Waals surface area contributed by atoms with Crippen LogP contribution >= 0.6 is 0 Å². The first-order valence-corrected chi connectivity index (χ1v) is 6.44. The molecular weight excluding hydrogens is 222 g/mol. The zero-order valence-electron chi connectivity index (χ0n) is 10.5. The molecule has 1 atom stereocenters. The van der Waals surface area contributed by atoms with Crippen molar-refractivity contribution in [2.75, 3.05) is 5.32 Å². The van der Waals surface area contributed by atoms with Crippen LogP contribution in [0.2, 0.25) is 0 Å². The molecule has 0 radical (unpaired) electrons. The fourth-order valence-corrected chi connectivity index (χ4v) is 2.73. The number of fused-ring (bicyclic) bond motifs is 1. The Bertz CT molecular complexity index is 577. The van der Waals surface area contributed by atoms with Crippen LogP contribution in [-0.4, -0.2) is 5.11 Å². The lowest BCUT2D eigenvalue weighted by atomic mass is 9.96. The van der Waals surface area contributed by atoms with Crippen LogP contribution in [0.4, 0.5) is 5.69 Å². The van der Waals surface area contributed by atoms with Crippen molar-refractivity contribution in [1.82, 2.24) is 0 Å². The fourth-order valence-electron chi connectivity index (χ4n) is 2.73. The van der Waals surface area contributed by atoms with E-state index in [4.69, 9.17) is 0 Å². The van der Waals surface area contributed by atoms with Gasteiger partial charge in [-0.05, 0) is 47.7 Å². The zero-order chi connectivity index (χ0) is 12.5. The van der Waals surface area contributed by atoms with Gasteiger partial charge in [0.2, 0.25) is 0 Å². The van der Waals surface area contributed by atoms with E-state index in [1.54, 1.807) is 6.07 Å². The Hall–Kier alpha value is -1.96. The highest BCUT2D eigenvalue weighted by Gasteiger charge is 2.23. The number of benzene rings is 2. The molecular formula is C16H17NO. The first kappa shape index (κ1) is 11.1. The van der Waals surface area contributed by atoms with E-state index < -0.39 is 0 Å². The number of nitrogens with one attached hydrogen (secondary N) is 1. The summed E-state index contributed by atoms with van der Waals surface area (Å²) in [5.74, 6) is 0.347. The van der Waals surface area contributed by atoms with Gasteiger partial charge in [0.05, 0.1) is 6.04 Å². The number of hydrogen-bond acceptors (Lipinski definition) is 2. The second-order valence-electron chi connectivity index (χ2n) is 4.79. The maximum Gasteiger partial charge on any atom is 0.116 e. The Morgan fingerprint density at radius 2 is 2.06 bits per heavy atom. The highest BCUT2D eigenvalue weighted by molar-refractivity contribution is 5.60. The van der Waals surface area contributed by atoms with Crippen molar-refractivity contribution in [1.29, 1.82) is 0 Å². The van der Waals surface area contributed by atoms with Crippen LogP contribution in [0, 0.1) is 0 Å². The molecule has 1 unspecified atom stereocenters. The molecule has 0 bridgehead atoms. The minimum atomic E-state index is 0.331. The normalized spacial score (nSPS) is 17.3. The van der Waals surface area contributed by atoms with Gasteiger partial charge in [-0.15, -0.1) is 0 Å². The van der Waals surface area contributed by atoms with Gasteiger partial charge in [-0.1, -0.05) is 31.2 Å². The van der Waals surface area contributed by atoms with E-state index in [9.17, 15) is 5.11 Å². The third-order valence-electron chi connectivity index (χ3n) is 3.65. The molecule has 2 heteroatoms. The van der Waals surface area contributed by atoms with Gasteiger partial charge >= 0.3 is 0 Å². The predicted molar refractivity (Wildman–Crippen MR) is 74.0 cm³/mol. The molecule has 1 aliphatic heterocycles. The van der Waals surface area contributed by atoms with Gasteiger partial charge in [-0.3, -0.25) is 0 Å². The minimum absolute atomic E-state index is 0.331. The molecule has 92 valence electrons. The Labute approximate surface area is 107 Å². The molecule has 1 aliphatic rings. The Morgan fingerprint density at radius 1 is 1.22 bits per heavy atom. The van der Waals surface area contributed by atoms with E-state index in [0.29, 0.717) is 11.8 Å². The smallest absolute Gasteiger partial charge is 0.116 e. The molecule has 0 aromatic heterocycles. The van der Waals surface area contributed by atoms with E-state index in [0.717, 1.165) is 18.5 Å². The predicted octanol–water partition coefficient (Wildman–Crippen LogP) is 3.66. The van der Waals surface area contributed by atoms with E-state index >= 15 is 0 Å². The van der Waals surface area contributed by atoms with Crippen molar-refractivity contribution in [3.8, 4) is 5.75 Å². The summed E-state index contributed by atoms with van der Waals surface area (Å²) in [5, 5.41) is 13.1. The number of phenols is 1. The summed E-state index contributed by atoms with van der Waals surface area (Å²) >= 11 is 0. The van der Waals surface area contributed by atoms with E-state index in [2.05, 4.69) is 36.5 Å². The fraction of sp³-hybridized carbons (Fsp3) is 0.250. The maximum absolute atomic E-state index is 9.53. The third kappa shape index (κ3) is 1.84. The number of anilines is 1. The molecule has 0 amide bonds. The average Bonchev–Trinajstić information content (AvgIpc) is 2.81. The Balaban J connectivity index is 1.93. The lowest BCUT2D eigenvalue weighted by molar-refractivity contribution is 0.475. The van der Waals surface area contributed by atoms with Crippen molar-refractivity contribution in [3.05, 3.63) is 59.2 Å². The van der Waals surface area contributed by atoms with Crippen LogP contribution in [0.1, 0.15) is 29.7 Å². The SMILES string of the molecule is CCc1ccccc1C1Cc2cc(O)ccc2N1. The summed E-state index contributed by atoms with van der Waals surface area (Å²) in [7, 11) is 0. The number of phenolic OH excluding ortho intramolecular Hbond substituents is 1. The molecule has 3 rings (SSSR count). The monoisotopic (exact) mass is 239 g/mol.